The average molecular weight is 484 g/mol. The first kappa shape index (κ1) is 22.8. The molecule has 0 saturated heterocycles. The Labute approximate surface area is 198 Å². The van der Waals surface area contributed by atoms with Crippen molar-refractivity contribution >= 4 is 45.9 Å². The van der Waals surface area contributed by atoms with Crippen LogP contribution in [0.5, 0.6) is 5.75 Å². The molecule has 0 radical (unpaired) electrons. The summed E-state index contributed by atoms with van der Waals surface area (Å²) in [5, 5.41) is 4.09. The van der Waals surface area contributed by atoms with Gasteiger partial charge in [0.1, 0.15) is 11.6 Å². The smallest absolute Gasteiger partial charge is 0.266 e. The molecule has 4 rings (SSSR count). The van der Waals surface area contributed by atoms with Gasteiger partial charge in [-0.15, -0.1) is 0 Å². The highest BCUT2D eigenvalue weighted by Crippen LogP contribution is 2.31. The van der Waals surface area contributed by atoms with Crippen LogP contribution in [0.25, 0.3) is 16.6 Å². The first-order valence-corrected chi connectivity index (χ1v) is 11.3. The predicted octanol–water partition coefficient (Wildman–Crippen LogP) is 5.23. The molecule has 1 aromatic heterocycles. The summed E-state index contributed by atoms with van der Waals surface area (Å²) in [6.07, 6.45) is 0. The summed E-state index contributed by atoms with van der Waals surface area (Å²) in [4.78, 5) is 30.5. The molecule has 4 aromatic rings. The number of hydrogen-bond donors (Lipinski definition) is 1. The molecule has 168 valence electrons. The highest BCUT2D eigenvalue weighted by molar-refractivity contribution is 7.99. The zero-order chi connectivity index (χ0) is 23.5. The standard InChI is InChI=1S/C24H19ClFN3O3S/c1-14-11-20(21(32-2)12-18(14)25)27-22(30)13-33-24-28-19-6-4-3-5-17(19)23(31)29(24)16-9-7-15(26)8-10-16/h3-12H,13H2,1-2H3,(H,27,30). The van der Waals surface area contributed by atoms with Gasteiger partial charge in [0.05, 0.1) is 35.1 Å². The second kappa shape index (κ2) is 9.64. The van der Waals surface area contributed by atoms with Crippen molar-refractivity contribution in [1.29, 1.82) is 0 Å². The van der Waals surface area contributed by atoms with E-state index in [1.807, 2.05) is 6.92 Å². The van der Waals surface area contributed by atoms with E-state index >= 15 is 0 Å². The van der Waals surface area contributed by atoms with Crippen LogP contribution in [0.2, 0.25) is 5.02 Å². The first-order valence-electron chi connectivity index (χ1n) is 9.92. The van der Waals surface area contributed by atoms with Crippen molar-refractivity contribution in [2.75, 3.05) is 18.2 Å². The number of nitrogens with one attached hydrogen (secondary N) is 1. The van der Waals surface area contributed by atoms with Gasteiger partial charge in [0.2, 0.25) is 5.91 Å². The monoisotopic (exact) mass is 483 g/mol. The Morgan fingerprint density at radius 2 is 1.91 bits per heavy atom. The van der Waals surface area contributed by atoms with E-state index in [1.54, 1.807) is 36.4 Å². The number of halogens is 2. The Bertz CT molecular complexity index is 1410. The van der Waals surface area contributed by atoms with Gasteiger partial charge >= 0.3 is 0 Å². The normalized spacial score (nSPS) is 10.9. The lowest BCUT2D eigenvalue weighted by molar-refractivity contribution is -0.113. The van der Waals surface area contributed by atoms with E-state index in [0.29, 0.717) is 38.2 Å². The van der Waals surface area contributed by atoms with Crippen molar-refractivity contribution in [3.63, 3.8) is 0 Å². The van der Waals surface area contributed by atoms with E-state index in [-0.39, 0.29) is 17.2 Å². The number of rotatable bonds is 6. The molecule has 0 saturated carbocycles. The number of methoxy groups -OCH3 is 1. The molecule has 9 heteroatoms. The van der Waals surface area contributed by atoms with Crippen molar-refractivity contribution in [2.24, 2.45) is 0 Å². The van der Waals surface area contributed by atoms with Crippen LogP contribution in [0.4, 0.5) is 10.1 Å². The number of aromatic nitrogens is 2. The number of fused-ring (bicyclic) bond motifs is 1. The number of para-hydroxylation sites is 1. The molecule has 0 aliphatic rings. The van der Waals surface area contributed by atoms with E-state index in [4.69, 9.17) is 16.3 Å². The Morgan fingerprint density at radius 1 is 1.18 bits per heavy atom. The minimum Gasteiger partial charge on any atom is -0.495 e. The summed E-state index contributed by atoms with van der Waals surface area (Å²) >= 11 is 7.23. The van der Waals surface area contributed by atoms with Crippen LogP contribution < -0.4 is 15.6 Å². The van der Waals surface area contributed by atoms with Crippen molar-refractivity contribution in [3.05, 3.63) is 87.4 Å². The highest BCUT2D eigenvalue weighted by Gasteiger charge is 2.16. The second-order valence-electron chi connectivity index (χ2n) is 7.17. The van der Waals surface area contributed by atoms with Gasteiger partial charge in [0.25, 0.3) is 5.56 Å². The summed E-state index contributed by atoms with van der Waals surface area (Å²) in [6, 6.07) is 15.9. The number of carbonyl (C=O) groups excluding carboxylic acids is 1. The fourth-order valence-electron chi connectivity index (χ4n) is 3.27. The van der Waals surface area contributed by atoms with Crippen LogP contribution in [0.1, 0.15) is 5.56 Å². The minimum absolute atomic E-state index is 0.0171. The Hall–Kier alpha value is -3.36. The molecule has 0 spiro atoms. The van der Waals surface area contributed by atoms with Gasteiger partial charge in [0.15, 0.2) is 5.16 Å². The van der Waals surface area contributed by atoms with Gasteiger partial charge in [-0.2, -0.15) is 0 Å². The number of thioether (sulfide) groups is 1. The van der Waals surface area contributed by atoms with Crippen molar-refractivity contribution in [3.8, 4) is 11.4 Å². The third kappa shape index (κ3) is 4.86. The van der Waals surface area contributed by atoms with E-state index in [1.165, 1.54) is 35.9 Å². The van der Waals surface area contributed by atoms with Crippen LogP contribution in [0.3, 0.4) is 0 Å². The van der Waals surface area contributed by atoms with Gasteiger partial charge in [-0.25, -0.2) is 9.37 Å². The topological polar surface area (TPSA) is 73.2 Å². The predicted molar refractivity (Wildman–Crippen MR) is 129 cm³/mol. The molecule has 6 nitrogen and oxygen atoms in total. The van der Waals surface area contributed by atoms with Crippen LogP contribution in [-0.4, -0.2) is 28.3 Å². The number of anilines is 1. The number of hydrogen-bond acceptors (Lipinski definition) is 5. The maximum Gasteiger partial charge on any atom is 0.266 e. The summed E-state index contributed by atoms with van der Waals surface area (Å²) in [7, 11) is 1.49. The van der Waals surface area contributed by atoms with E-state index in [2.05, 4.69) is 10.3 Å². The number of carbonyl (C=O) groups is 1. The zero-order valence-corrected chi connectivity index (χ0v) is 19.3. The molecule has 0 aliphatic heterocycles. The van der Waals surface area contributed by atoms with E-state index < -0.39 is 5.82 Å². The van der Waals surface area contributed by atoms with E-state index in [9.17, 15) is 14.0 Å². The van der Waals surface area contributed by atoms with Gasteiger partial charge in [-0.05, 0) is 55.0 Å². The molecule has 1 heterocycles. The average Bonchev–Trinajstić information content (AvgIpc) is 2.81. The Morgan fingerprint density at radius 3 is 2.64 bits per heavy atom. The molecule has 1 N–H and O–H groups in total. The highest BCUT2D eigenvalue weighted by atomic mass is 35.5. The van der Waals surface area contributed by atoms with E-state index in [0.717, 1.165) is 17.3 Å². The molecule has 33 heavy (non-hydrogen) atoms. The minimum atomic E-state index is -0.415. The number of ether oxygens (including phenoxy) is 1. The fraction of sp³-hybridized carbons (Fsp3) is 0.125. The lowest BCUT2D eigenvalue weighted by Gasteiger charge is -2.14. The molecule has 0 atom stereocenters. The molecule has 0 fully saturated rings. The third-order valence-electron chi connectivity index (χ3n) is 4.92. The summed E-state index contributed by atoms with van der Waals surface area (Å²) in [5.74, 6) is -0.304. The van der Waals surface area contributed by atoms with Crippen molar-refractivity contribution in [2.45, 2.75) is 12.1 Å². The Balaban J connectivity index is 1.65. The lowest BCUT2D eigenvalue weighted by atomic mass is 10.2. The number of amides is 1. The number of nitrogens with zero attached hydrogens (tertiary/aromatic N) is 2. The number of benzene rings is 3. The van der Waals surface area contributed by atoms with Gasteiger partial charge in [0, 0.05) is 11.1 Å². The van der Waals surface area contributed by atoms with Crippen molar-refractivity contribution in [1.82, 2.24) is 9.55 Å². The summed E-state index contributed by atoms with van der Waals surface area (Å²) in [5.41, 5.74) is 1.95. The lowest BCUT2D eigenvalue weighted by Crippen LogP contribution is -2.23. The van der Waals surface area contributed by atoms with Crippen LogP contribution in [0.15, 0.2) is 70.6 Å². The maximum atomic E-state index is 13.5. The molecule has 0 aliphatic carbocycles. The quantitative estimate of drug-likeness (QED) is 0.300. The molecule has 0 bridgehead atoms. The summed E-state index contributed by atoms with van der Waals surface area (Å²) < 4.78 is 20.1. The molecule has 1 amide bonds. The van der Waals surface area contributed by atoms with Crippen LogP contribution in [0, 0.1) is 12.7 Å². The van der Waals surface area contributed by atoms with Gasteiger partial charge in [-0.1, -0.05) is 35.5 Å². The maximum absolute atomic E-state index is 13.5. The largest absolute Gasteiger partial charge is 0.495 e. The fourth-order valence-corrected chi connectivity index (χ4v) is 4.24. The second-order valence-corrected chi connectivity index (χ2v) is 8.52. The third-order valence-corrected chi connectivity index (χ3v) is 6.26. The molecular formula is C24H19ClFN3O3S. The molecule has 0 unspecified atom stereocenters. The van der Waals surface area contributed by atoms with Gasteiger partial charge in [-0.3, -0.25) is 14.2 Å². The first-order chi connectivity index (χ1) is 15.9. The molecular weight excluding hydrogens is 465 g/mol. The Kier molecular flexibility index (Phi) is 6.67. The zero-order valence-electron chi connectivity index (χ0n) is 17.8. The number of aryl methyl sites for hydroxylation is 1. The van der Waals surface area contributed by atoms with Crippen LogP contribution in [-0.2, 0) is 4.79 Å². The van der Waals surface area contributed by atoms with Crippen molar-refractivity contribution < 1.29 is 13.9 Å². The van der Waals surface area contributed by atoms with Crippen LogP contribution >= 0.6 is 23.4 Å². The summed E-state index contributed by atoms with van der Waals surface area (Å²) in [6.45, 7) is 1.83. The van der Waals surface area contributed by atoms with Gasteiger partial charge < -0.3 is 10.1 Å². The SMILES string of the molecule is COc1cc(Cl)c(C)cc1NC(=O)CSc1nc2ccccc2c(=O)n1-c1ccc(F)cc1. The molecule has 3 aromatic carbocycles.